The summed E-state index contributed by atoms with van der Waals surface area (Å²) in [5.41, 5.74) is 0.781. The zero-order valence-electron chi connectivity index (χ0n) is 9.30. The Morgan fingerprint density at radius 3 is 2.44 bits per heavy atom. The lowest BCUT2D eigenvalue weighted by Gasteiger charge is -2.14. The van der Waals surface area contributed by atoms with E-state index in [0.717, 1.165) is 17.6 Å². The second kappa shape index (κ2) is 5.90. The molecule has 0 radical (unpaired) electrons. The van der Waals surface area contributed by atoms with Crippen LogP contribution in [0.1, 0.15) is 25.0 Å². The second-order valence-electron chi connectivity index (χ2n) is 3.27. The van der Waals surface area contributed by atoms with Gasteiger partial charge in [-0.3, -0.25) is 4.79 Å². The van der Waals surface area contributed by atoms with Crippen LogP contribution in [0.15, 0.2) is 24.3 Å². The van der Waals surface area contributed by atoms with Crippen molar-refractivity contribution in [2.75, 3.05) is 7.11 Å². The van der Waals surface area contributed by atoms with Crippen LogP contribution in [-0.2, 0) is 14.3 Å². The molecule has 4 heteroatoms. The van der Waals surface area contributed by atoms with Crippen molar-refractivity contribution in [3.8, 4) is 5.75 Å². The molecule has 0 bridgehead atoms. The van der Waals surface area contributed by atoms with Crippen LogP contribution in [0, 0.1) is 0 Å². The second-order valence-corrected chi connectivity index (χ2v) is 3.27. The topological polar surface area (TPSA) is 52.6 Å². The highest BCUT2D eigenvalue weighted by Gasteiger charge is 2.13. The molecule has 1 unspecified atom stereocenters. The molecule has 0 aliphatic rings. The third-order valence-electron chi connectivity index (χ3n) is 2.11. The van der Waals surface area contributed by atoms with Crippen molar-refractivity contribution in [3.05, 3.63) is 29.8 Å². The van der Waals surface area contributed by atoms with Gasteiger partial charge >= 0.3 is 5.97 Å². The quantitative estimate of drug-likeness (QED) is 0.564. The number of aldehydes is 1. The molecule has 0 aromatic heterocycles. The summed E-state index contributed by atoms with van der Waals surface area (Å²) in [6.45, 7) is 1.32. The van der Waals surface area contributed by atoms with Crippen LogP contribution < -0.4 is 4.74 Å². The number of esters is 1. The summed E-state index contributed by atoms with van der Waals surface area (Å²) in [4.78, 5) is 21.3. The van der Waals surface area contributed by atoms with Crippen molar-refractivity contribution < 1.29 is 19.1 Å². The van der Waals surface area contributed by atoms with E-state index in [1.54, 1.807) is 31.4 Å². The third kappa shape index (κ3) is 3.38. The highest BCUT2D eigenvalue weighted by Crippen LogP contribution is 2.22. The van der Waals surface area contributed by atoms with Crippen LogP contribution >= 0.6 is 0 Å². The van der Waals surface area contributed by atoms with Crippen molar-refractivity contribution in [1.82, 2.24) is 0 Å². The molecule has 0 amide bonds. The number of ether oxygens (including phenoxy) is 2. The zero-order chi connectivity index (χ0) is 12.0. The Bertz CT molecular complexity index is 356. The summed E-state index contributed by atoms with van der Waals surface area (Å²) in [6.07, 6.45) is 0.380. The first-order valence-corrected chi connectivity index (χ1v) is 4.92. The third-order valence-corrected chi connectivity index (χ3v) is 2.11. The fourth-order valence-electron chi connectivity index (χ4n) is 1.36. The molecule has 1 aromatic carbocycles. The molecule has 0 spiro atoms. The van der Waals surface area contributed by atoms with E-state index < -0.39 is 12.1 Å². The van der Waals surface area contributed by atoms with E-state index in [-0.39, 0.29) is 6.42 Å². The standard InChI is InChI=1S/C12H14O4/c1-9(14)16-12(7-8-13)10-3-5-11(15-2)6-4-10/h3-6,8,12H,7H2,1-2H3. The van der Waals surface area contributed by atoms with Gasteiger partial charge in [0.1, 0.15) is 18.1 Å². The number of carbonyl (C=O) groups excluding carboxylic acids is 2. The van der Waals surface area contributed by atoms with Gasteiger partial charge in [0.25, 0.3) is 0 Å². The van der Waals surface area contributed by atoms with Gasteiger partial charge in [0, 0.05) is 13.3 Å². The van der Waals surface area contributed by atoms with Gasteiger partial charge < -0.3 is 14.3 Å². The summed E-state index contributed by atoms with van der Waals surface area (Å²) in [6, 6.07) is 7.07. The SMILES string of the molecule is COc1ccc(C(CC=O)OC(C)=O)cc1. The van der Waals surface area contributed by atoms with E-state index in [4.69, 9.17) is 9.47 Å². The lowest BCUT2D eigenvalue weighted by Crippen LogP contribution is -2.09. The summed E-state index contributed by atoms with van der Waals surface area (Å²) in [5, 5.41) is 0. The number of benzene rings is 1. The maximum Gasteiger partial charge on any atom is 0.303 e. The molecular formula is C12H14O4. The number of hydrogen-bond acceptors (Lipinski definition) is 4. The summed E-state index contributed by atoms with van der Waals surface area (Å²) >= 11 is 0. The lowest BCUT2D eigenvalue weighted by atomic mass is 10.1. The minimum Gasteiger partial charge on any atom is -0.497 e. The average molecular weight is 222 g/mol. The summed E-state index contributed by atoms with van der Waals surface area (Å²) in [5.74, 6) is 0.319. The van der Waals surface area contributed by atoms with Gasteiger partial charge in [-0.1, -0.05) is 12.1 Å². The lowest BCUT2D eigenvalue weighted by molar-refractivity contribution is -0.147. The van der Waals surface area contributed by atoms with Gasteiger partial charge in [-0.15, -0.1) is 0 Å². The first-order valence-electron chi connectivity index (χ1n) is 4.92. The van der Waals surface area contributed by atoms with E-state index in [0.29, 0.717) is 0 Å². The Morgan fingerprint density at radius 2 is 2.00 bits per heavy atom. The molecule has 0 fully saturated rings. The van der Waals surface area contributed by atoms with Gasteiger partial charge in [-0.2, -0.15) is 0 Å². The molecule has 0 aliphatic carbocycles. The van der Waals surface area contributed by atoms with Crippen molar-refractivity contribution in [3.63, 3.8) is 0 Å². The molecule has 16 heavy (non-hydrogen) atoms. The number of methoxy groups -OCH3 is 1. The number of carbonyl (C=O) groups is 2. The van der Waals surface area contributed by atoms with Crippen LogP contribution in [0.2, 0.25) is 0 Å². The monoisotopic (exact) mass is 222 g/mol. The van der Waals surface area contributed by atoms with E-state index in [1.165, 1.54) is 6.92 Å². The van der Waals surface area contributed by atoms with Crippen molar-refractivity contribution in [2.45, 2.75) is 19.4 Å². The van der Waals surface area contributed by atoms with E-state index in [9.17, 15) is 9.59 Å². The molecule has 0 N–H and O–H groups in total. The first kappa shape index (κ1) is 12.2. The largest absolute Gasteiger partial charge is 0.497 e. The van der Waals surface area contributed by atoms with E-state index in [1.807, 2.05) is 0 Å². The van der Waals surface area contributed by atoms with Gasteiger partial charge in [-0.05, 0) is 17.7 Å². The summed E-state index contributed by atoms with van der Waals surface area (Å²) < 4.78 is 10.1. The average Bonchev–Trinajstić information content (AvgIpc) is 2.28. The molecule has 1 rings (SSSR count). The maximum absolute atomic E-state index is 10.9. The van der Waals surface area contributed by atoms with Crippen LogP contribution in [0.3, 0.4) is 0 Å². The molecule has 4 nitrogen and oxygen atoms in total. The van der Waals surface area contributed by atoms with Crippen LogP contribution in [-0.4, -0.2) is 19.4 Å². The number of rotatable bonds is 5. The van der Waals surface area contributed by atoms with Crippen molar-refractivity contribution >= 4 is 12.3 Å². The molecule has 1 atom stereocenters. The predicted molar refractivity (Wildman–Crippen MR) is 58.2 cm³/mol. The van der Waals surface area contributed by atoms with Gasteiger partial charge in [0.2, 0.25) is 0 Å². The Morgan fingerprint density at radius 1 is 1.38 bits per heavy atom. The maximum atomic E-state index is 10.9. The van der Waals surface area contributed by atoms with Gasteiger partial charge in [-0.25, -0.2) is 0 Å². The molecule has 0 aliphatic heterocycles. The molecule has 0 saturated carbocycles. The molecule has 0 saturated heterocycles. The Labute approximate surface area is 94.2 Å². The fourth-order valence-corrected chi connectivity index (χ4v) is 1.36. The van der Waals surface area contributed by atoms with E-state index in [2.05, 4.69) is 0 Å². The van der Waals surface area contributed by atoms with Crippen LogP contribution in [0.5, 0.6) is 5.75 Å². The Hall–Kier alpha value is -1.84. The summed E-state index contributed by atoms with van der Waals surface area (Å²) in [7, 11) is 1.57. The molecular weight excluding hydrogens is 208 g/mol. The van der Waals surface area contributed by atoms with E-state index >= 15 is 0 Å². The van der Waals surface area contributed by atoms with Crippen molar-refractivity contribution in [1.29, 1.82) is 0 Å². The molecule has 0 heterocycles. The Balaban J connectivity index is 2.82. The fraction of sp³-hybridized carbons (Fsp3) is 0.333. The Kier molecular flexibility index (Phi) is 4.51. The van der Waals surface area contributed by atoms with Crippen LogP contribution in [0.4, 0.5) is 0 Å². The molecule has 1 aromatic rings. The minimum atomic E-state index is -0.513. The first-order chi connectivity index (χ1) is 7.67. The predicted octanol–water partition coefficient (Wildman–Crippen LogP) is 1.89. The van der Waals surface area contributed by atoms with Gasteiger partial charge in [0.15, 0.2) is 0 Å². The zero-order valence-corrected chi connectivity index (χ0v) is 9.30. The minimum absolute atomic E-state index is 0.159. The normalized spacial score (nSPS) is 11.6. The highest BCUT2D eigenvalue weighted by atomic mass is 16.5. The van der Waals surface area contributed by atoms with Crippen molar-refractivity contribution in [2.24, 2.45) is 0 Å². The number of hydrogen-bond donors (Lipinski definition) is 0. The van der Waals surface area contributed by atoms with Gasteiger partial charge in [0.05, 0.1) is 7.11 Å². The molecule has 86 valence electrons. The smallest absolute Gasteiger partial charge is 0.303 e. The van der Waals surface area contributed by atoms with Crippen LogP contribution in [0.25, 0.3) is 0 Å². The highest BCUT2D eigenvalue weighted by molar-refractivity contribution is 5.67.